The molecule has 0 heterocycles. The first-order chi connectivity index (χ1) is 13.9. The highest BCUT2D eigenvalue weighted by atomic mass is 19.2. The van der Waals surface area contributed by atoms with Crippen LogP contribution < -0.4 is 10.6 Å². The average Bonchev–Trinajstić information content (AvgIpc) is 2.72. The van der Waals surface area contributed by atoms with Gasteiger partial charge in [0.25, 0.3) is 0 Å². The van der Waals surface area contributed by atoms with Crippen LogP contribution in [0.1, 0.15) is 30.0 Å². The van der Waals surface area contributed by atoms with E-state index in [0.717, 1.165) is 25.3 Å². The molecule has 1 atom stereocenters. The van der Waals surface area contributed by atoms with Gasteiger partial charge in [-0.2, -0.15) is 0 Å². The second-order valence-corrected chi connectivity index (χ2v) is 7.07. The molecule has 0 spiro atoms. The number of carbonyl (C=O) groups excluding carboxylic acids is 2. The van der Waals surface area contributed by atoms with Crippen molar-refractivity contribution in [3.8, 4) is 0 Å². The van der Waals surface area contributed by atoms with Crippen molar-refractivity contribution >= 4 is 17.5 Å². The van der Waals surface area contributed by atoms with Crippen molar-refractivity contribution in [2.24, 2.45) is 0 Å². The number of halogens is 3. The molecule has 0 aromatic heterocycles. The SMILES string of the molecule is CN(CC(=O)NCC(=O)Nc1ccc(F)c(F)c1F)C1CCCc2ccccc21. The van der Waals surface area contributed by atoms with Gasteiger partial charge in [0.1, 0.15) is 0 Å². The third-order valence-electron chi connectivity index (χ3n) is 5.02. The number of anilines is 1. The molecule has 1 aliphatic carbocycles. The Kier molecular flexibility index (Phi) is 6.53. The van der Waals surface area contributed by atoms with Crippen molar-refractivity contribution in [3.05, 3.63) is 65.0 Å². The predicted octanol–water partition coefficient (Wildman–Crippen LogP) is 3.17. The minimum Gasteiger partial charge on any atom is -0.346 e. The van der Waals surface area contributed by atoms with Gasteiger partial charge in [-0.05, 0) is 49.6 Å². The van der Waals surface area contributed by atoms with E-state index < -0.39 is 35.6 Å². The quantitative estimate of drug-likeness (QED) is 0.726. The molecule has 1 aliphatic rings. The van der Waals surface area contributed by atoms with Crippen molar-refractivity contribution in [2.45, 2.75) is 25.3 Å². The van der Waals surface area contributed by atoms with Crippen molar-refractivity contribution in [3.63, 3.8) is 0 Å². The van der Waals surface area contributed by atoms with Crippen molar-refractivity contribution in [1.29, 1.82) is 0 Å². The van der Waals surface area contributed by atoms with Gasteiger partial charge in [-0.25, -0.2) is 13.2 Å². The zero-order valence-electron chi connectivity index (χ0n) is 16.0. The predicted molar refractivity (Wildman–Crippen MR) is 103 cm³/mol. The summed E-state index contributed by atoms with van der Waals surface area (Å²) in [5.74, 6) is -5.60. The number of aryl methyl sites for hydroxylation is 1. The fourth-order valence-corrected chi connectivity index (χ4v) is 3.57. The smallest absolute Gasteiger partial charge is 0.243 e. The first-order valence-electron chi connectivity index (χ1n) is 9.35. The van der Waals surface area contributed by atoms with Gasteiger partial charge < -0.3 is 10.6 Å². The highest BCUT2D eigenvalue weighted by Crippen LogP contribution is 2.33. The second kappa shape index (κ2) is 9.09. The molecule has 3 rings (SSSR count). The van der Waals surface area contributed by atoms with Gasteiger partial charge in [0.2, 0.25) is 11.8 Å². The molecule has 2 amide bonds. The lowest BCUT2D eigenvalue weighted by Crippen LogP contribution is -2.41. The van der Waals surface area contributed by atoms with Crippen LogP contribution in [0.5, 0.6) is 0 Å². The Morgan fingerprint density at radius 2 is 1.83 bits per heavy atom. The number of rotatable bonds is 6. The Hall–Kier alpha value is -2.87. The van der Waals surface area contributed by atoms with Crippen LogP contribution in [-0.4, -0.2) is 36.9 Å². The lowest BCUT2D eigenvalue weighted by atomic mass is 9.87. The van der Waals surface area contributed by atoms with Gasteiger partial charge in [-0.3, -0.25) is 14.5 Å². The summed E-state index contributed by atoms with van der Waals surface area (Å²) >= 11 is 0. The van der Waals surface area contributed by atoms with Crippen LogP contribution in [0.25, 0.3) is 0 Å². The van der Waals surface area contributed by atoms with E-state index in [9.17, 15) is 22.8 Å². The van der Waals surface area contributed by atoms with Crippen LogP contribution in [0.3, 0.4) is 0 Å². The van der Waals surface area contributed by atoms with E-state index in [-0.39, 0.29) is 18.5 Å². The van der Waals surface area contributed by atoms with Gasteiger partial charge >= 0.3 is 0 Å². The summed E-state index contributed by atoms with van der Waals surface area (Å²) in [4.78, 5) is 26.0. The Morgan fingerprint density at radius 1 is 1.07 bits per heavy atom. The summed E-state index contributed by atoms with van der Waals surface area (Å²) in [6.45, 7) is -0.321. The zero-order chi connectivity index (χ0) is 21.0. The molecular weight excluding hydrogens is 383 g/mol. The van der Waals surface area contributed by atoms with Crippen LogP contribution >= 0.6 is 0 Å². The number of nitrogens with zero attached hydrogens (tertiary/aromatic N) is 1. The number of fused-ring (bicyclic) bond motifs is 1. The summed E-state index contributed by atoms with van der Waals surface area (Å²) in [5, 5.41) is 4.57. The van der Waals surface area contributed by atoms with Gasteiger partial charge in [-0.1, -0.05) is 24.3 Å². The summed E-state index contributed by atoms with van der Waals surface area (Å²) in [6.07, 6.45) is 3.00. The summed E-state index contributed by atoms with van der Waals surface area (Å²) < 4.78 is 39.7. The van der Waals surface area contributed by atoms with Gasteiger partial charge in [0.05, 0.1) is 18.8 Å². The Bertz CT molecular complexity index is 920. The average molecular weight is 405 g/mol. The third-order valence-corrected chi connectivity index (χ3v) is 5.02. The van der Waals surface area contributed by atoms with Crippen molar-refractivity contribution in [1.82, 2.24) is 10.2 Å². The molecule has 2 aromatic rings. The molecule has 2 N–H and O–H groups in total. The molecule has 0 saturated heterocycles. The lowest BCUT2D eigenvalue weighted by molar-refractivity contribution is -0.125. The number of nitrogens with one attached hydrogen (secondary N) is 2. The van der Waals surface area contributed by atoms with E-state index >= 15 is 0 Å². The van der Waals surface area contributed by atoms with Crippen LogP contribution in [0.2, 0.25) is 0 Å². The highest BCUT2D eigenvalue weighted by molar-refractivity contribution is 5.94. The molecule has 5 nitrogen and oxygen atoms in total. The number of carbonyl (C=O) groups is 2. The maximum atomic E-state index is 13.6. The Balaban J connectivity index is 1.51. The van der Waals surface area contributed by atoms with Crippen LogP contribution in [0.4, 0.5) is 18.9 Å². The monoisotopic (exact) mass is 405 g/mol. The van der Waals surface area contributed by atoms with E-state index in [0.29, 0.717) is 6.07 Å². The standard InChI is InChI=1S/C21H22F3N3O2/c1-27(17-8-4-6-13-5-2-3-7-14(13)17)12-19(29)25-11-18(28)26-16-10-9-15(22)20(23)21(16)24/h2-3,5,7,9-10,17H,4,6,8,11-12H2,1H3,(H,25,29)(H,26,28). The molecular formula is C21H22F3N3O2. The minimum absolute atomic E-state index is 0.0891. The summed E-state index contributed by atoms with van der Waals surface area (Å²) in [5.41, 5.74) is 2.00. The highest BCUT2D eigenvalue weighted by Gasteiger charge is 2.24. The molecule has 0 bridgehead atoms. The van der Waals surface area contributed by atoms with Gasteiger partial charge in [0.15, 0.2) is 17.5 Å². The summed E-state index contributed by atoms with van der Waals surface area (Å²) in [7, 11) is 1.85. The fraction of sp³-hybridized carbons (Fsp3) is 0.333. The largest absolute Gasteiger partial charge is 0.346 e. The van der Waals surface area contributed by atoms with Crippen molar-refractivity contribution in [2.75, 3.05) is 25.5 Å². The number of hydrogen-bond acceptors (Lipinski definition) is 3. The normalized spacial score (nSPS) is 15.7. The van der Waals surface area contributed by atoms with Crippen LogP contribution in [0.15, 0.2) is 36.4 Å². The molecule has 29 heavy (non-hydrogen) atoms. The maximum Gasteiger partial charge on any atom is 0.243 e. The summed E-state index contributed by atoms with van der Waals surface area (Å²) in [6, 6.07) is 9.89. The van der Waals surface area contributed by atoms with E-state index in [1.165, 1.54) is 11.1 Å². The topological polar surface area (TPSA) is 61.4 Å². The van der Waals surface area contributed by atoms with Crippen molar-refractivity contribution < 1.29 is 22.8 Å². The van der Waals surface area contributed by atoms with E-state index in [1.54, 1.807) is 0 Å². The lowest BCUT2D eigenvalue weighted by Gasteiger charge is -2.32. The molecule has 0 aliphatic heterocycles. The van der Waals surface area contributed by atoms with Gasteiger partial charge in [0, 0.05) is 6.04 Å². The van der Waals surface area contributed by atoms with Crippen LogP contribution in [-0.2, 0) is 16.0 Å². The van der Waals surface area contributed by atoms with Crippen LogP contribution in [0, 0.1) is 17.5 Å². The third kappa shape index (κ3) is 4.95. The number of benzene rings is 2. The van der Waals surface area contributed by atoms with E-state index in [2.05, 4.69) is 22.8 Å². The second-order valence-electron chi connectivity index (χ2n) is 7.07. The molecule has 2 aromatic carbocycles. The molecule has 8 heteroatoms. The number of amides is 2. The molecule has 154 valence electrons. The minimum atomic E-state index is -1.67. The van der Waals surface area contributed by atoms with E-state index in [4.69, 9.17) is 0 Å². The Labute approximate surface area is 166 Å². The molecule has 1 unspecified atom stereocenters. The fourth-order valence-electron chi connectivity index (χ4n) is 3.57. The Morgan fingerprint density at radius 3 is 2.62 bits per heavy atom. The number of hydrogen-bond donors (Lipinski definition) is 2. The molecule has 0 saturated carbocycles. The first kappa shape index (κ1) is 20.9. The van der Waals surface area contributed by atoms with E-state index in [1.807, 2.05) is 24.1 Å². The zero-order valence-corrected chi connectivity index (χ0v) is 16.0. The number of likely N-dealkylation sites (N-methyl/N-ethyl adjacent to an activating group) is 1. The molecule has 0 radical (unpaired) electrons. The maximum absolute atomic E-state index is 13.6. The van der Waals surface area contributed by atoms with Gasteiger partial charge in [-0.15, -0.1) is 0 Å². The first-order valence-corrected chi connectivity index (χ1v) is 9.35. The molecule has 0 fully saturated rings.